The van der Waals surface area contributed by atoms with Gasteiger partial charge in [0.25, 0.3) is 5.91 Å². The van der Waals surface area contributed by atoms with Crippen molar-refractivity contribution >= 4 is 21.8 Å². The van der Waals surface area contributed by atoms with Crippen LogP contribution in [0.3, 0.4) is 0 Å². The van der Waals surface area contributed by atoms with Crippen LogP contribution in [-0.4, -0.2) is 33.3 Å². The number of hydrogen-bond acceptors (Lipinski definition) is 5. The predicted octanol–water partition coefficient (Wildman–Crippen LogP) is 1.26. The smallest absolute Gasteiger partial charge is 0.287 e. The van der Waals surface area contributed by atoms with Crippen molar-refractivity contribution in [2.75, 3.05) is 7.05 Å². The van der Waals surface area contributed by atoms with E-state index in [-0.39, 0.29) is 29.0 Å². The number of nitrogens with one attached hydrogen (secondary N) is 3. The van der Waals surface area contributed by atoms with E-state index in [0.29, 0.717) is 0 Å². The number of amides is 2. The van der Waals surface area contributed by atoms with E-state index in [1.807, 2.05) is 13.8 Å². The Morgan fingerprint density at radius 2 is 1.78 bits per heavy atom. The van der Waals surface area contributed by atoms with Crippen LogP contribution in [0.25, 0.3) is 0 Å². The fraction of sp³-hybridized carbons (Fsp3) is 0.333. The number of benzene rings is 1. The molecule has 2 aromatic rings. The topological polar surface area (TPSA) is 118 Å². The van der Waals surface area contributed by atoms with Crippen LogP contribution in [0.15, 0.2) is 52.0 Å². The molecule has 2 rings (SSSR count). The second kappa shape index (κ2) is 8.83. The minimum atomic E-state index is -3.50. The van der Waals surface area contributed by atoms with E-state index in [1.54, 1.807) is 18.2 Å². The molecule has 1 aromatic carbocycles. The molecule has 0 saturated heterocycles. The zero-order valence-electron chi connectivity index (χ0n) is 15.4. The SMILES string of the molecule is CNS(=O)(=O)c1ccc(CNC(=O)C(NC(=O)c2ccco2)C(C)C)cc1. The number of furan rings is 1. The van der Waals surface area contributed by atoms with Crippen LogP contribution in [0.2, 0.25) is 0 Å². The molecule has 1 aromatic heterocycles. The molecule has 0 radical (unpaired) electrons. The van der Waals surface area contributed by atoms with Gasteiger partial charge in [-0.1, -0.05) is 26.0 Å². The van der Waals surface area contributed by atoms with E-state index in [4.69, 9.17) is 4.42 Å². The Morgan fingerprint density at radius 3 is 2.30 bits per heavy atom. The van der Waals surface area contributed by atoms with Crippen molar-refractivity contribution in [1.82, 2.24) is 15.4 Å². The number of hydrogen-bond donors (Lipinski definition) is 3. The van der Waals surface area contributed by atoms with Gasteiger partial charge in [-0.2, -0.15) is 0 Å². The summed E-state index contributed by atoms with van der Waals surface area (Å²) in [5, 5.41) is 5.41. The largest absolute Gasteiger partial charge is 0.459 e. The summed E-state index contributed by atoms with van der Waals surface area (Å²) in [6, 6.07) is 8.55. The van der Waals surface area contributed by atoms with Gasteiger partial charge in [0.2, 0.25) is 15.9 Å². The third-order valence-corrected chi connectivity index (χ3v) is 5.38. The fourth-order valence-electron chi connectivity index (χ4n) is 2.36. The van der Waals surface area contributed by atoms with Gasteiger partial charge in [-0.05, 0) is 42.8 Å². The molecule has 2 amide bonds. The molecule has 146 valence electrons. The first-order valence-electron chi connectivity index (χ1n) is 8.39. The van der Waals surface area contributed by atoms with Crippen LogP contribution in [0, 0.1) is 5.92 Å². The molecule has 9 heteroatoms. The van der Waals surface area contributed by atoms with Crippen LogP contribution < -0.4 is 15.4 Å². The predicted molar refractivity (Wildman–Crippen MR) is 99.3 cm³/mol. The normalized spacial score (nSPS) is 12.6. The number of sulfonamides is 1. The Hall–Kier alpha value is -2.65. The molecule has 3 N–H and O–H groups in total. The van der Waals surface area contributed by atoms with Crippen LogP contribution in [0.1, 0.15) is 30.0 Å². The second-order valence-electron chi connectivity index (χ2n) is 6.24. The van der Waals surface area contributed by atoms with Gasteiger partial charge < -0.3 is 15.1 Å². The maximum Gasteiger partial charge on any atom is 0.287 e. The first kappa shape index (κ1) is 20.7. The zero-order valence-corrected chi connectivity index (χ0v) is 16.2. The van der Waals surface area contributed by atoms with E-state index in [9.17, 15) is 18.0 Å². The van der Waals surface area contributed by atoms with Crippen molar-refractivity contribution in [2.45, 2.75) is 31.3 Å². The first-order chi connectivity index (χ1) is 12.7. The lowest BCUT2D eigenvalue weighted by Gasteiger charge is -2.21. The Kier molecular flexibility index (Phi) is 6.75. The Morgan fingerprint density at radius 1 is 1.11 bits per heavy atom. The van der Waals surface area contributed by atoms with E-state index in [1.165, 1.54) is 31.5 Å². The summed E-state index contributed by atoms with van der Waals surface area (Å²) in [6.45, 7) is 3.85. The maximum atomic E-state index is 12.5. The summed E-state index contributed by atoms with van der Waals surface area (Å²) in [5.74, 6) is -0.797. The highest BCUT2D eigenvalue weighted by atomic mass is 32.2. The number of carbonyl (C=O) groups is 2. The van der Waals surface area contributed by atoms with Crippen molar-refractivity contribution in [3.8, 4) is 0 Å². The molecule has 0 saturated carbocycles. The van der Waals surface area contributed by atoms with Crippen molar-refractivity contribution in [3.05, 3.63) is 54.0 Å². The number of carbonyl (C=O) groups excluding carboxylic acids is 2. The lowest BCUT2D eigenvalue weighted by Crippen LogP contribution is -2.49. The number of rotatable bonds is 8. The Balaban J connectivity index is 1.98. The van der Waals surface area contributed by atoms with E-state index < -0.39 is 22.0 Å². The monoisotopic (exact) mass is 393 g/mol. The summed E-state index contributed by atoms with van der Waals surface area (Å²) in [4.78, 5) is 24.7. The molecular formula is C18H23N3O5S. The molecule has 0 aliphatic carbocycles. The van der Waals surface area contributed by atoms with Gasteiger partial charge in [0.1, 0.15) is 6.04 Å². The summed E-state index contributed by atoms with van der Waals surface area (Å²) in [6.07, 6.45) is 1.39. The van der Waals surface area contributed by atoms with Gasteiger partial charge in [-0.15, -0.1) is 0 Å². The first-order valence-corrected chi connectivity index (χ1v) is 9.87. The lowest BCUT2D eigenvalue weighted by molar-refractivity contribution is -0.124. The van der Waals surface area contributed by atoms with Gasteiger partial charge in [-0.3, -0.25) is 9.59 Å². The van der Waals surface area contributed by atoms with Crippen molar-refractivity contribution < 1.29 is 22.4 Å². The van der Waals surface area contributed by atoms with Crippen LogP contribution in [0.4, 0.5) is 0 Å². The Bertz CT molecular complexity index is 874. The van der Waals surface area contributed by atoms with Crippen LogP contribution >= 0.6 is 0 Å². The van der Waals surface area contributed by atoms with Crippen molar-refractivity contribution in [2.24, 2.45) is 5.92 Å². The average molecular weight is 393 g/mol. The van der Waals surface area contributed by atoms with E-state index in [2.05, 4.69) is 15.4 Å². The average Bonchev–Trinajstić information content (AvgIpc) is 3.19. The highest BCUT2D eigenvalue weighted by Crippen LogP contribution is 2.11. The van der Waals surface area contributed by atoms with Crippen molar-refractivity contribution in [3.63, 3.8) is 0 Å². The molecule has 1 unspecified atom stereocenters. The van der Waals surface area contributed by atoms with Gasteiger partial charge in [0, 0.05) is 6.54 Å². The molecule has 1 atom stereocenters. The fourth-order valence-corrected chi connectivity index (χ4v) is 3.09. The van der Waals surface area contributed by atoms with Crippen molar-refractivity contribution in [1.29, 1.82) is 0 Å². The van der Waals surface area contributed by atoms with E-state index in [0.717, 1.165) is 5.56 Å². The highest BCUT2D eigenvalue weighted by molar-refractivity contribution is 7.89. The molecule has 27 heavy (non-hydrogen) atoms. The molecule has 0 spiro atoms. The van der Waals surface area contributed by atoms with Gasteiger partial charge in [0.05, 0.1) is 11.2 Å². The molecule has 8 nitrogen and oxygen atoms in total. The minimum absolute atomic E-state index is 0.132. The van der Waals surface area contributed by atoms with Gasteiger partial charge >= 0.3 is 0 Å². The summed E-state index contributed by atoms with van der Waals surface area (Å²) < 4.78 is 30.7. The summed E-state index contributed by atoms with van der Waals surface area (Å²) in [5.41, 5.74) is 0.735. The molecule has 0 bridgehead atoms. The second-order valence-corrected chi connectivity index (χ2v) is 8.13. The molecule has 0 aliphatic rings. The quantitative estimate of drug-likeness (QED) is 0.624. The molecule has 1 heterocycles. The van der Waals surface area contributed by atoms with Crippen LogP contribution in [0.5, 0.6) is 0 Å². The lowest BCUT2D eigenvalue weighted by atomic mass is 10.0. The molecule has 0 aliphatic heterocycles. The van der Waals surface area contributed by atoms with E-state index >= 15 is 0 Å². The summed E-state index contributed by atoms with van der Waals surface area (Å²) in [7, 11) is -2.16. The third-order valence-electron chi connectivity index (χ3n) is 3.95. The van der Waals surface area contributed by atoms with Gasteiger partial charge in [-0.25, -0.2) is 13.1 Å². The molecular weight excluding hydrogens is 370 g/mol. The highest BCUT2D eigenvalue weighted by Gasteiger charge is 2.25. The summed E-state index contributed by atoms with van der Waals surface area (Å²) >= 11 is 0. The molecule has 0 fully saturated rings. The minimum Gasteiger partial charge on any atom is -0.459 e. The van der Waals surface area contributed by atoms with Crippen LogP contribution in [-0.2, 0) is 21.4 Å². The maximum absolute atomic E-state index is 12.5. The Labute approximate surface area is 158 Å². The third kappa shape index (κ3) is 5.41. The standard InChI is InChI=1S/C18H23N3O5S/c1-12(2)16(21-17(22)15-5-4-10-26-15)18(23)20-11-13-6-8-14(9-7-13)27(24,25)19-3/h4-10,12,16,19H,11H2,1-3H3,(H,20,23)(H,21,22). The van der Waals surface area contributed by atoms with Gasteiger partial charge in [0.15, 0.2) is 5.76 Å². The zero-order chi connectivity index (χ0) is 20.0.